The van der Waals surface area contributed by atoms with E-state index in [4.69, 9.17) is 4.74 Å². The minimum atomic E-state index is -0.305. The highest BCUT2D eigenvalue weighted by Crippen LogP contribution is 2.27. The van der Waals surface area contributed by atoms with Gasteiger partial charge in [-0.05, 0) is 19.4 Å². The Morgan fingerprint density at radius 3 is 2.57 bits per heavy atom. The van der Waals surface area contributed by atoms with Gasteiger partial charge in [-0.25, -0.2) is 4.79 Å². The summed E-state index contributed by atoms with van der Waals surface area (Å²) in [5, 5.41) is 0.490. The Morgan fingerprint density at radius 2 is 2.05 bits per heavy atom. The maximum Gasteiger partial charge on any atom is 0.332 e. The Morgan fingerprint density at radius 1 is 1.33 bits per heavy atom. The summed E-state index contributed by atoms with van der Waals surface area (Å²) in [6, 6.07) is 0. The summed E-state index contributed by atoms with van der Waals surface area (Å²) in [7, 11) is 0. The molecule has 1 saturated heterocycles. The van der Waals surface area contributed by atoms with Crippen molar-refractivity contribution in [1.29, 1.82) is 0 Å². The van der Waals surface area contributed by atoms with Gasteiger partial charge in [-0.15, -0.1) is 11.3 Å². The highest BCUT2D eigenvalue weighted by molar-refractivity contribution is 7.20. The van der Waals surface area contributed by atoms with Crippen molar-refractivity contribution in [2.75, 3.05) is 13.2 Å². The molecule has 0 aromatic carbocycles. The van der Waals surface area contributed by atoms with E-state index in [9.17, 15) is 14.4 Å². The molecular weight excluding hydrogens is 292 g/mol. The molecule has 112 valence electrons. The number of carbonyl (C=O) groups is 1. The zero-order chi connectivity index (χ0) is 15.1. The van der Waals surface area contributed by atoms with E-state index in [0.29, 0.717) is 47.0 Å². The summed E-state index contributed by atoms with van der Waals surface area (Å²) in [4.78, 5) is 37.2. The van der Waals surface area contributed by atoms with Crippen molar-refractivity contribution in [1.82, 2.24) is 9.13 Å². The summed E-state index contributed by atoms with van der Waals surface area (Å²) < 4.78 is 8.01. The van der Waals surface area contributed by atoms with E-state index in [-0.39, 0.29) is 17.2 Å². The van der Waals surface area contributed by atoms with Gasteiger partial charge in [0.15, 0.2) is 6.29 Å². The Hall–Kier alpha value is -1.73. The molecule has 2 aromatic heterocycles. The van der Waals surface area contributed by atoms with Crippen molar-refractivity contribution in [2.24, 2.45) is 5.92 Å². The topological polar surface area (TPSA) is 70.3 Å². The Kier molecular flexibility index (Phi) is 3.54. The first-order valence-electron chi connectivity index (χ1n) is 6.88. The number of ether oxygens (including phenoxy) is 1. The summed E-state index contributed by atoms with van der Waals surface area (Å²) >= 11 is 1.22. The molecule has 0 saturated carbocycles. The van der Waals surface area contributed by atoms with Crippen LogP contribution in [0.2, 0.25) is 0 Å². The van der Waals surface area contributed by atoms with Gasteiger partial charge in [-0.2, -0.15) is 0 Å². The molecule has 1 fully saturated rings. The lowest BCUT2D eigenvalue weighted by Crippen LogP contribution is -2.42. The van der Waals surface area contributed by atoms with Gasteiger partial charge in [0.05, 0.1) is 23.5 Å². The minimum Gasteiger partial charge on any atom is -0.381 e. The number of aryl methyl sites for hydroxylation is 1. The standard InChI is InChI=1S/C14H16N2O4S/c1-3-15-12(18)11-8(2)10(5-17)21-13(11)16(14(15)19)4-9-6-20-7-9/h5,9H,3-4,6-7H2,1-2H3. The molecule has 1 aliphatic heterocycles. The number of hydrogen-bond acceptors (Lipinski definition) is 5. The van der Waals surface area contributed by atoms with Crippen LogP contribution in [0.3, 0.4) is 0 Å². The minimum absolute atomic E-state index is 0.288. The largest absolute Gasteiger partial charge is 0.381 e. The fourth-order valence-corrected chi connectivity index (χ4v) is 3.73. The fourth-order valence-electron chi connectivity index (χ4n) is 2.61. The quantitative estimate of drug-likeness (QED) is 0.791. The van der Waals surface area contributed by atoms with Crippen LogP contribution in [0.1, 0.15) is 22.2 Å². The third-order valence-corrected chi connectivity index (χ3v) is 5.14. The lowest BCUT2D eigenvalue weighted by atomic mass is 10.1. The molecular formula is C14H16N2O4S. The molecule has 1 aliphatic rings. The molecule has 0 amide bonds. The first-order valence-corrected chi connectivity index (χ1v) is 7.69. The van der Waals surface area contributed by atoms with Gasteiger partial charge in [0, 0.05) is 19.0 Å². The number of hydrogen-bond donors (Lipinski definition) is 0. The summed E-state index contributed by atoms with van der Waals surface area (Å²) in [5.41, 5.74) is 0.0527. The van der Waals surface area contributed by atoms with Crippen LogP contribution < -0.4 is 11.2 Å². The zero-order valence-electron chi connectivity index (χ0n) is 11.9. The van der Waals surface area contributed by atoms with Gasteiger partial charge in [0.25, 0.3) is 5.56 Å². The first kappa shape index (κ1) is 14.2. The number of aromatic nitrogens is 2. The number of carbonyl (C=O) groups excluding carboxylic acids is 1. The highest BCUT2D eigenvalue weighted by Gasteiger charge is 2.24. The Balaban J connectivity index is 2.35. The smallest absolute Gasteiger partial charge is 0.332 e. The Bertz CT molecular complexity index is 826. The molecule has 21 heavy (non-hydrogen) atoms. The number of nitrogens with zero attached hydrogens (tertiary/aromatic N) is 2. The molecule has 0 bridgehead atoms. The van der Waals surface area contributed by atoms with E-state index in [1.807, 2.05) is 0 Å². The molecule has 3 heterocycles. The molecule has 0 radical (unpaired) electrons. The second kappa shape index (κ2) is 5.23. The van der Waals surface area contributed by atoms with Crippen LogP contribution in [-0.2, 0) is 17.8 Å². The van der Waals surface area contributed by atoms with Gasteiger partial charge in [-0.3, -0.25) is 18.7 Å². The first-order chi connectivity index (χ1) is 10.1. The predicted molar refractivity (Wildman–Crippen MR) is 80.5 cm³/mol. The normalized spacial score (nSPS) is 15.3. The number of thiophene rings is 1. The number of rotatable bonds is 4. The van der Waals surface area contributed by atoms with E-state index in [0.717, 1.165) is 6.29 Å². The van der Waals surface area contributed by atoms with Crippen molar-refractivity contribution < 1.29 is 9.53 Å². The van der Waals surface area contributed by atoms with E-state index in [2.05, 4.69) is 0 Å². The van der Waals surface area contributed by atoms with Gasteiger partial charge in [-0.1, -0.05) is 0 Å². The van der Waals surface area contributed by atoms with E-state index in [1.54, 1.807) is 18.4 Å². The average Bonchev–Trinajstić information content (AvgIpc) is 2.74. The lowest BCUT2D eigenvalue weighted by molar-refractivity contribution is -0.0394. The summed E-state index contributed by atoms with van der Waals surface area (Å²) in [5.74, 6) is 0.288. The summed E-state index contributed by atoms with van der Waals surface area (Å²) in [6.07, 6.45) is 0.747. The van der Waals surface area contributed by atoms with Crippen LogP contribution in [0.5, 0.6) is 0 Å². The number of fused-ring (bicyclic) bond motifs is 1. The second-order valence-electron chi connectivity index (χ2n) is 5.24. The third kappa shape index (κ3) is 2.08. The third-order valence-electron chi connectivity index (χ3n) is 3.90. The molecule has 7 heteroatoms. The highest BCUT2D eigenvalue weighted by atomic mass is 32.1. The fraction of sp³-hybridized carbons (Fsp3) is 0.500. The SMILES string of the molecule is CCn1c(=O)c2c(C)c(C=O)sc2n(CC2COC2)c1=O. The van der Waals surface area contributed by atoms with Crippen molar-refractivity contribution in [3.8, 4) is 0 Å². The van der Waals surface area contributed by atoms with Crippen LogP contribution in [0.4, 0.5) is 0 Å². The summed E-state index contributed by atoms with van der Waals surface area (Å²) in [6.45, 7) is 5.63. The average molecular weight is 308 g/mol. The molecule has 0 aliphatic carbocycles. The van der Waals surface area contributed by atoms with Crippen LogP contribution in [0, 0.1) is 12.8 Å². The maximum atomic E-state index is 12.5. The maximum absolute atomic E-state index is 12.5. The molecule has 2 aromatic rings. The molecule has 0 N–H and O–H groups in total. The number of aldehydes is 1. The molecule has 0 spiro atoms. The van der Waals surface area contributed by atoms with Crippen LogP contribution in [0.25, 0.3) is 10.2 Å². The van der Waals surface area contributed by atoms with E-state index < -0.39 is 0 Å². The molecule has 6 nitrogen and oxygen atoms in total. The van der Waals surface area contributed by atoms with Crippen LogP contribution in [0.15, 0.2) is 9.59 Å². The zero-order valence-corrected chi connectivity index (χ0v) is 12.7. The van der Waals surface area contributed by atoms with Crippen molar-refractivity contribution in [3.05, 3.63) is 31.3 Å². The molecule has 0 atom stereocenters. The van der Waals surface area contributed by atoms with Crippen molar-refractivity contribution in [2.45, 2.75) is 26.9 Å². The van der Waals surface area contributed by atoms with Gasteiger partial charge < -0.3 is 4.74 Å². The van der Waals surface area contributed by atoms with Crippen LogP contribution in [-0.4, -0.2) is 28.6 Å². The van der Waals surface area contributed by atoms with Crippen molar-refractivity contribution >= 4 is 27.8 Å². The van der Waals surface area contributed by atoms with E-state index in [1.165, 1.54) is 15.9 Å². The van der Waals surface area contributed by atoms with Gasteiger partial charge >= 0.3 is 5.69 Å². The van der Waals surface area contributed by atoms with Gasteiger partial charge in [0.1, 0.15) is 4.83 Å². The Labute approximate surface area is 124 Å². The molecule has 0 unspecified atom stereocenters. The van der Waals surface area contributed by atoms with Crippen LogP contribution >= 0.6 is 11.3 Å². The lowest BCUT2D eigenvalue weighted by Gasteiger charge is -2.26. The molecule has 3 rings (SSSR count). The van der Waals surface area contributed by atoms with E-state index >= 15 is 0 Å². The second-order valence-corrected chi connectivity index (χ2v) is 6.27. The van der Waals surface area contributed by atoms with Gasteiger partial charge in [0.2, 0.25) is 0 Å². The monoisotopic (exact) mass is 308 g/mol. The van der Waals surface area contributed by atoms with Crippen molar-refractivity contribution in [3.63, 3.8) is 0 Å². The predicted octanol–water partition coefficient (Wildman–Crippen LogP) is 1.01.